The summed E-state index contributed by atoms with van der Waals surface area (Å²) >= 11 is 0. The molecule has 0 radical (unpaired) electrons. The molecule has 0 aliphatic rings. The van der Waals surface area contributed by atoms with Crippen LogP contribution >= 0.6 is 27.0 Å². The fourth-order valence-electron chi connectivity index (χ4n) is 4.82. The molecule has 2 aromatic heterocycles. The Morgan fingerprint density at radius 1 is 0.889 bits per heavy atom. The number of nitrogens with zero attached hydrogens (tertiary/aromatic N) is 5. The predicted octanol–water partition coefficient (Wildman–Crippen LogP) is 2.76. The Hall–Kier alpha value is -3.40. The lowest BCUT2D eigenvalue weighted by molar-refractivity contribution is -0.122. The van der Waals surface area contributed by atoms with Crippen LogP contribution in [-0.4, -0.2) is 90.3 Å². The molecule has 14 heteroatoms. The van der Waals surface area contributed by atoms with Crippen molar-refractivity contribution in [1.29, 1.82) is 0 Å². The molecule has 5 N–H and O–H groups in total. The number of fused-ring (bicyclic) bond motifs is 2. The summed E-state index contributed by atoms with van der Waals surface area (Å²) in [5.41, 5.74) is 15.9. The van der Waals surface area contributed by atoms with Crippen molar-refractivity contribution in [2.75, 3.05) is 34.7 Å². The zero-order valence-corrected chi connectivity index (χ0v) is 29.0. The monoisotopic (exact) mass is 672 g/mol. The molecule has 0 bridgehead atoms. The number of carbonyl (C=O) groups excluding carboxylic acids is 1. The van der Waals surface area contributed by atoms with Gasteiger partial charge in [0, 0.05) is 23.4 Å². The number of H-pyrrole nitrogens is 1. The molecule has 244 valence electrons. The minimum absolute atomic E-state index is 0. The molecule has 2 heterocycles. The van der Waals surface area contributed by atoms with Crippen molar-refractivity contribution >= 4 is 64.7 Å². The summed E-state index contributed by atoms with van der Waals surface area (Å²) in [4.78, 5) is 15.7. The van der Waals surface area contributed by atoms with Crippen molar-refractivity contribution in [3.8, 4) is 0 Å². The number of likely N-dealkylation sites (N-methyl/N-ethyl adjacent to an activating group) is 2. The quantitative estimate of drug-likeness (QED) is 0.205. The van der Waals surface area contributed by atoms with Crippen LogP contribution in [0.25, 0.3) is 21.8 Å². The minimum atomic E-state index is -3.78. The number of aromatic nitrogens is 4. The fraction of sp³-hybridized carbons (Fsp3) is 0.323. The van der Waals surface area contributed by atoms with E-state index in [2.05, 4.69) is 52.5 Å². The lowest BCUT2D eigenvalue weighted by Gasteiger charge is -2.22. The first-order valence-electron chi connectivity index (χ1n) is 13.9. The minimum Gasteiger partial charge on any atom is -0.368 e. The Kier molecular flexibility index (Phi) is 13.6. The molecule has 45 heavy (non-hydrogen) atoms. The maximum absolute atomic E-state index is 12.9. The van der Waals surface area contributed by atoms with Gasteiger partial charge >= 0.3 is 0 Å². The highest BCUT2D eigenvalue weighted by atomic mass is 32.2. The summed E-state index contributed by atoms with van der Waals surface area (Å²) in [5.74, 6) is -0.405. The van der Waals surface area contributed by atoms with Crippen LogP contribution in [0.4, 0.5) is 0 Å². The fourth-order valence-corrected chi connectivity index (χ4v) is 6.09. The molecule has 0 fully saturated rings. The van der Waals surface area contributed by atoms with E-state index in [4.69, 9.17) is 11.5 Å². The average Bonchev–Trinajstić information content (AvgIpc) is 3.61. The van der Waals surface area contributed by atoms with Crippen LogP contribution in [0.15, 0.2) is 78.0 Å². The Morgan fingerprint density at radius 3 is 2.11 bits per heavy atom. The van der Waals surface area contributed by atoms with E-state index in [9.17, 15) is 13.2 Å². The zero-order valence-electron chi connectivity index (χ0n) is 26.2. The first-order valence-corrected chi connectivity index (χ1v) is 15.4. The van der Waals surface area contributed by atoms with E-state index in [-0.39, 0.29) is 31.9 Å². The van der Waals surface area contributed by atoms with E-state index < -0.39 is 22.0 Å². The number of aryl methyl sites for hydroxylation is 1. The molecule has 1 amide bonds. The Labute approximate surface area is 278 Å². The van der Waals surface area contributed by atoms with Gasteiger partial charge < -0.3 is 16.4 Å². The summed E-state index contributed by atoms with van der Waals surface area (Å²) in [6.07, 6.45) is 4.78. The van der Waals surface area contributed by atoms with Gasteiger partial charge in [-0.15, -0.1) is 0 Å². The number of amides is 1. The van der Waals surface area contributed by atoms with E-state index in [1.54, 1.807) is 55.4 Å². The van der Waals surface area contributed by atoms with E-state index in [1.807, 2.05) is 19.2 Å². The maximum atomic E-state index is 12.9. The zero-order chi connectivity index (χ0) is 31.3. The van der Waals surface area contributed by atoms with Gasteiger partial charge in [0.1, 0.15) is 0 Å². The van der Waals surface area contributed by atoms with Crippen molar-refractivity contribution < 1.29 is 13.2 Å². The van der Waals surface area contributed by atoms with Gasteiger partial charge in [0.15, 0.2) is 0 Å². The number of hydrogen-bond donors (Lipinski definition) is 3. The van der Waals surface area contributed by atoms with Gasteiger partial charge in [-0.05, 0) is 95.5 Å². The lowest BCUT2D eigenvalue weighted by Crippen LogP contribution is -2.41. The second-order valence-electron chi connectivity index (χ2n) is 11.1. The summed E-state index contributed by atoms with van der Waals surface area (Å²) in [6, 6.07) is 18.3. The summed E-state index contributed by atoms with van der Waals surface area (Å²) in [7, 11) is 3.93. The number of nitrogens with two attached hydrogens (primary N) is 2. The number of aromatic amines is 1. The molecule has 0 aliphatic carbocycles. The number of hydrogen-bond acceptors (Lipinski definition) is 8. The van der Waals surface area contributed by atoms with E-state index in [1.165, 1.54) is 11.8 Å². The lowest BCUT2D eigenvalue weighted by atomic mass is 10.0. The third-order valence-corrected chi connectivity index (χ3v) is 9.12. The van der Waals surface area contributed by atoms with Gasteiger partial charge in [0.05, 0.1) is 34.4 Å². The molecule has 0 saturated heterocycles. The molecule has 2 atom stereocenters. The van der Waals surface area contributed by atoms with Crippen LogP contribution in [0, 0.1) is 6.92 Å². The Balaban J connectivity index is 0.000000337. The van der Waals surface area contributed by atoms with Crippen molar-refractivity contribution in [1.82, 2.24) is 29.2 Å². The molecule has 3 aromatic carbocycles. The highest BCUT2D eigenvalue weighted by Gasteiger charge is 2.22. The van der Waals surface area contributed by atoms with Crippen molar-refractivity contribution in [3.05, 3.63) is 89.7 Å². The van der Waals surface area contributed by atoms with Gasteiger partial charge in [-0.3, -0.25) is 14.8 Å². The van der Waals surface area contributed by atoms with Crippen molar-refractivity contribution in [3.63, 3.8) is 0 Å². The Morgan fingerprint density at radius 2 is 1.51 bits per heavy atom. The predicted molar refractivity (Wildman–Crippen MR) is 191 cm³/mol. The number of benzene rings is 3. The molecular formula is C31H44N8O3S3. The highest BCUT2D eigenvalue weighted by Crippen LogP contribution is 2.23. The normalized spacial score (nSPS) is 12.7. The number of primary amides is 1. The third-order valence-electron chi connectivity index (χ3n) is 7.51. The molecular weight excluding hydrogens is 629 g/mol. The second-order valence-corrected chi connectivity index (χ2v) is 12.9. The number of rotatable bonds is 10. The van der Waals surface area contributed by atoms with Crippen LogP contribution in [0.2, 0.25) is 0 Å². The summed E-state index contributed by atoms with van der Waals surface area (Å²) in [6.45, 7) is 2.57. The Bertz CT molecular complexity index is 1800. The average molecular weight is 673 g/mol. The third kappa shape index (κ3) is 9.08. The van der Waals surface area contributed by atoms with E-state index in [0.717, 1.165) is 32.5 Å². The molecule has 0 unspecified atom stereocenters. The molecule has 0 spiro atoms. The van der Waals surface area contributed by atoms with Crippen LogP contribution in [0.1, 0.15) is 16.7 Å². The molecule has 5 aromatic rings. The largest absolute Gasteiger partial charge is 0.368 e. The first kappa shape index (κ1) is 37.8. The van der Waals surface area contributed by atoms with Gasteiger partial charge in [0.25, 0.3) is 10.0 Å². The summed E-state index contributed by atoms with van der Waals surface area (Å²) in [5, 5.41) is 12.9. The molecule has 5 rings (SSSR count). The second kappa shape index (κ2) is 16.2. The SMILES string of the molecule is CN(C)[C@H](CN)Cc1ccc2[nH]ncc2c1.Cc1ccc(S(=O)(=O)n2ncc3cc(C[C@@H](C(N)=O)N(C)C)ccc32)cc1.S.S. The maximum Gasteiger partial charge on any atom is 0.283 e. The van der Waals surface area contributed by atoms with Crippen LogP contribution in [-0.2, 0) is 27.7 Å². The van der Waals surface area contributed by atoms with Crippen LogP contribution in [0.3, 0.4) is 0 Å². The standard InChI is InChI=1S/C19H22N4O3S.C12H18N4.2H2S/c1-13-4-7-16(8-5-13)27(25,26)23-17-9-6-14(10-15(17)12-21-23)11-18(19(20)24)22(2)3;1-16(2)11(7-13)6-9-3-4-12-10(5-9)8-14-15-12;;/h4-10,12,18H,11H2,1-3H3,(H2,20,24);3-5,8,11H,6-7,13H2,1-2H3,(H,14,15);2*1H2/t18-;11-;;/m00../s1. The van der Waals surface area contributed by atoms with Crippen molar-refractivity contribution in [2.45, 2.75) is 36.7 Å². The smallest absolute Gasteiger partial charge is 0.283 e. The van der Waals surface area contributed by atoms with Gasteiger partial charge in [-0.25, -0.2) is 0 Å². The van der Waals surface area contributed by atoms with Gasteiger partial charge in [0.2, 0.25) is 5.91 Å². The van der Waals surface area contributed by atoms with Crippen LogP contribution < -0.4 is 11.5 Å². The first-order chi connectivity index (χ1) is 20.4. The summed E-state index contributed by atoms with van der Waals surface area (Å²) < 4.78 is 26.8. The van der Waals surface area contributed by atoms with Gasteiger partial charge in [-0.2, -0.15) is 49.7 Å². The molecule has 0 saturated carbocycles. The van der Waals surface area contributed by atoms with Crippen molar-refractivity contribution in [2.24, 2.45) is 11.5 Å². The molecule has 11 nitrogen and oxygen atoms in total. The van der Waals surface area contributed by atoms with E-state index in [0.29, 0.717) is 29.9 Å². The number of nitrogens with one attached hydrogen (secondary N) is 1. The topological polar surface area (TPSA) is 156 Å². The highest BCUT2D eigenvalue weighted by molar-refractivity contribution is 7.90. The number of carbonyl (C=O) groups is 1. The van der Waals surface area contributed by atoms with E-state index >= 15 is 0 Å². The van der Waals surface area contributed by atoms with Gasteiger partial charge in [-0.1, -0.05) is 29.8 Å². The van der Waals surface area contributed by atoms with Crippen LogP contribution in [0.5, 0.6) is 0 Å². The molecule has 0 aliphatic heterocycles.